The number of carboxylic acids is 1. The fourth-order valence-corrected chi connectivity index (χ4v) is 2.50. The van der Waals surface area contributed by atoms with Crippen molar-refractivity contribution in [3.8, 4) is 23.0 Å². The average molecular weight is 332 g/mol. The van der Waals surface area contributed by atoms with Crippen molar-refractivity contribution in [1.29, 1.82) is 5.26 Å². The molecule has 0 spiro atoms. The van der Waals surface area contributed by atoms with Gasteiger partial charge >= 0.3 is 5.97 Å². The Hall–Kier alpha value is -3.46. The van der Waals surface area contributed by atoms with Crippen LogP contribution in [0.2, 0.25) is 0 Å². The summed E-state index contributed by atoms with van der Waals surface area (Å²) in [5.41, 5.74) is 3.38. The van der Waals surface area contributed by atoms with Crippen LogP contribution in [0.3, 0.4) is 0 Å². The van der Waals surface area contributed by atoms with Crippen LogP contribution in [-0.2, 0) is 0 Å². The van der Waals surface area contributed by atoms with Crippen LogP contribution >= 0.6 is 0 Å². The molecule has 0 amide bonds. The van der Waals surface area contributed by atoms with E-state index in [1.165, 1.54) is 22.6 Å². The molecule has 0 bridgehead atoms. The van der Waals surface area contributed by atoms with Gasteiger partial charge in [0.15, 0.2) is 5.82 Å². The fraction of sp³-hybridized carbons (Fsp3) is 0.158. The largest absolute Gasteiger partial charge is 0.478 e. The van der Waals surface area contributed by atoms with Gasteiger partial charge in [-0.05, 0) is 17.0 Å². The zero-order valence-corrected chi connectivity index (χ0v) is 13.8. The molecule has 0 radical (unpaired) electrons. The molecule has 2 heterocycles. The van der Waals surface area contributed by atoms with Gasteiger partial charge in [-0.3, -0.25) is 0 Å². The molecule has 3 rings (SSSR count). The number of pyridine rings is 1. The molecule has 0 saturated carbocycles. The van der Waals surface area contributed by atoms with Crippen LogP contribution in [0.4, 0.5) is 0 Å². The van der Waals surface area contributed by atoms with Gasteiger partial charge in [0.1, 0.15) is 0 Å². The summed E-state index contributed by atoms with van der Waals surface area (Å²) in [7, 11) is 0. The molecule has 25 heavy (non-hydrogen) atoms. The summed E-state index contributed by atoms with van der Waals surface area (Å²) in [5, 5.41) is 22.4. The second kappa shape index (κ2) is 6.57. The van der Waals surface area contributed by atoms with Gasteiger partial charge in [0, 0.05) is 24.0 Å². The third-order valence-electron chi connectivity index (χ3n) is 3.96. The molecular weight excluding hydrogens is 316 g/mol. The van der Waals surface area contributed by atoms with E-state index in [9.17, 15) is 10.1 Å². The van der Waals surface area contributed by atoms with E-state index < -0.39 is 5.97 Å². The number of carbonyl (C=O) groups is 1. The average Bonchev–Trinajstić information content (AvgIpc) is 3.11. The Morgan fingerprint density at radius 2 is 1.96 bits per heavy atom. The third-order valence-corrected chi connectivity index (χ3v) is 3.96. The Morgan fingerprint density at radius 3 is 2.52 bits per heavy atom. The number of aromatic nitrogens is 3. The molecular formula is C19H16N4O2. The van der Waals surface area contributed by atoms with E-state index in [4.69, 9.17) is 5.11 Å². The van der Waals surface area contributed by atoms with E-state index >= 15 is 0 Å². The van der Waals surface area contributed by atoms with E-state index in [2.05, 4.69) is 30.0 Å². The molecule has 1 N–H and O–H groups in total. The van der Waals surface area contributed by atoms with Crippen LogP contribution in [0.15, 0.2) is 48.9 Å². The monoisotopic (exact) mass is 332 g/mol. The number of carboxylic acid groups (broad SMARTS) is 1. The Bertz CT molecular complexity index is 966. The van der Waals surface area contributed by atoms with E-state index in [0.29, 0.717) is 17.3 Å². The molecule has 0 atom stereocenters. The van der Waals surface area contributed by atoms with Gasteiger partial charge in [-0.25, -0.2) is 14.5 Å². The normalized spacial score (nSPS) is 10.6. The summed E-state index contributed by atoms with van der Waals surface area (Å²) in [6.07, 6.45) is 4.22. The SMILES string of the molecule is CC(C)c1ccc(-c2cnc(-n3cc(C(=O)O)cn3)cc2C#N)cc1. The van der Waals surface area contributed by atoms with Crippen molar-refractivity contribution >= 4 is 5.97 Å². The lowest BCUT2D eigenvalue weighted by molar-refractivity contribution is 0.0697. The van der Waals surface area contributed by atoms with Gasteiger partial charge in [0.05, 0.1) is 23.4 Å². The molecule has 1 aromatic carbocycles. The third kappa shape index (κ3) is 3.26. The van der Waals surface area contributed by atoms with Crippen molar-refractivity contribution in [3.05, 3.63) is 65.6 Å². The van der Waals surface area contributed by atoms with E-state index in [0.717, 1.165) is 11.1 Å². The fourth-order valence-electron chi connectivity index (χ4n) is 2.50. The highest BCUT2D eigenvalue weighted by Gasteiger charge is 2.12. The van der Waals surface area contributed by atoms with Crippen LogP contribution in [0.5, 0.6) is 0 Å². The highest BCUT2D eigenvalue weighted by Crippen LogP contribution is 2.26. The maximum absolute atomic E-state index is 11.0. The summed E-state index contributed by atoms with van der Waals surface area (Å²) < 4.78 is 1.34. The molecule has 6 heteroatoms. The first-order valence-electron chi connectivity index (χ1n) is 7.78. The quantitative estimate of drug-likeness (QED) is 0.787. The first-order valence-corrected chi connectivity index (χ1v) is 7.78. The molecule has 0 fully saturated rings. The van der Waals surface area contributed by atoms with Gasteiger partial charge in [-0.15, -0.1) is 0 Å². The number of benzene rings is 1. The smallest absolute Gasteiger partial charge is 0.338 e. The molecule has 3 aromatic rings. The lowest BCUT2D eigenvalue weighted by Crippen LogP contribution is -2.00. The molecule has 0 unspecified atom stereocenters. The number of nitrogens with zero attached hydrogens (tertiary/aromatic N) is 4. The molecule has 0 saturated heterocycles. The highest BCUT2D eigenvalue weighted by atomic mass is 16.4. The topological polar surface area (TPSA) is 91.8 Å². The zero-order chi connectivity index (χ0) is 18.0. The second-order valence-electron chi connectivity index (χ2n) is 5.96. The molecule has 0 aliphatic carbocycles. The standard InChI is InChI=1S/C19H16N4O2/c1-12(2)13-3-5-14(6-4-13)17-10-21-18(7-15(17)8-20)23-11-16(9-22-23)19(24)25/h3-7,9-12H,1-2H3,(H,24,25). The van der Waals surface area contributed by atoms with Gasteiger partial charge in [-0.1, -0.05) is 38.1 Å². The number of nitriles is 1. The van der Waals surface area contributed by atoms with Crippen LogP contribution in [0.25, 0.3) is 16.9 Å². The van der Waals surface area contributed by atoms with E-state index in [1.54, 1.807) is 12.3 Å². The van der Waals surface area contributed by atoms with Gasteiger partial charge in [0.25, 0.3) is 0 Å². The van der Waals surface area contributed by atoms with Crippen molar-refractivity contribution in [2.45, 2.75) is 19.8 Å². The van der Waals surface area contributed by atoms with Gasteiger partial charge in [0.2, 0.25) is 0 Å². The molecule has 6 nitrogen and oxygen atoms in total. The minimum atomic E-state index is -1.06. The molecule has 2 aromatic heterocycles. The van der Waals surface area contributed by atoms with Gasteiger partial charge < -0.3 is 5.11 Å². The maximum Gasteiger partial charge on any atom is 0.338 e. The summed E-state index contributed by atoms with van der Waals surface area (Å²) in [5.74, 6) is -0.228. The Kier molecular flexibility index (Phi) is 4.31. The molecule has 0 aliphatic rings. The lowest BCUT2D eigenvalue weighted by Gasteiger charge is -2.09. The van der Waals surface area contributed by atoms with Crippen molar-refractivity contribution in [1.82, 2.24) is 14.8 Å². The van der Waals surface area contributed by atoms with E-state index in [-0.39, 0.29) is 5.56 Å². The van der Waals surface area contributed by atoms with Crippen molar-refractivity contribution in [3.63, 3.8) is 0 Å². The lowest BCUT2D eigenvalue weighted by atomic mass is 9.97. The summed E-state index contributed by atoms with van der Waals surface area (Å²) in [6.45, 7) is 4.25. The predicted octanol–water partition coefficient (Wildman–Crippen LogP) is 3.63. The van der Waals surface area contributed by atoms with Gasteiger partial charge in [-0.2, -0.15) is 10.4 Å². The molecule has 0 aliphatic heterocycles. The van der Waals surface area contributed by atoms with Crippen molar-refractivity contribution in [2.24, 2.45) is 0 Å². The van der Waals surface area contributed by atoms with Crippen molar-refractivity contribution < 1.29 is 9.90 Å². The summed E-state index contributed by atoms with van der Waals surface area (Å²) in [4.78, 5) is 15.3. The van der Waals surface area contributed by atoms with E-state index in [1.807, 2.05) is 24.3 Å². The Labute approximate surface area is 145 Å². The van der Waals surface area contributed by atoms with Crippen LogP contribution < -0.4 is 0 Å². The summed E-state index contributed by atoms with van der Waals surface area (Å²) in [6, 6.07) is 11.8. The zero-order valence-electron chi connectivity index (χ0n) is 13.8. The number of aromatic carboxylic acids is 1. The Balaban J connectivity index is 1.99. The molecule has 124 valence electrons. The maximum atomic E-state index is 11.0. The number of hydrogen-bond acceptors (Lipinski definition) is 4. The summed E-state index contributed by atoms with van der Waals surface area (Å²) >= 11 is 0. The first-order chi connectivity index (χ1) is 12.0. The van der Waals surface area contributed by atoms with Crippen LogP contribution in [-0.4, -0.2) is 25.8 Å². The number of hydrogen-bond donors (Lipinski definition) is 1. The van der Waals surface area contributed by atoms with Crippen LogP contribution in [0, 0.1) is 11.3 Å². The Morgan fingerprint density at radius 1 is 1.24 bits per heavy atom. The van der Waals surface area contributed by atoms with Crippen molar-refractivity contribution in [2.75, 3.05) is 0 Å². The predicted molar refractivity (Wildman–Crippen MR) is 92.6 cm³/mol. The first kappa shape index (κ1) is 16.4. The minimum Gasteiger partial charge on any atom is -0.478 e. The number of rotatable bonds is 4. The minimum absolute atomic E-state index is 0.0636. The van der Waals surface area contributed by atoms with Crippen LogP contribution in [0.1, 0.15) is 41.3 Å². The second-order valence-corrected chi connectivity index (χ2v) is 5.96. The highest BCUT2D eigenvalue weighted by molar-refractivity contribution is 5.87.